The molecule has 0 fully saturated rings. The maximum Gasteiger partial charge on any atom is 0.253 e. The highest BCUT2D eigenvalue weighted by molar-refractivity contribution is 5.94. The van der Waals surface area contributed by atoms with Crippen LogP contribution >= 0.6 is 0 Å². The summed E-state index contributed by atoms with van der Waals surface area (Å²) in [6.45, 7) is 2.12. The van der Waals surface area contributed by atoms with Crippen LogP contribution in [-0.2, 0) is 19.5 Å². The first-order valence-electron chi connectivity index (χ1n) is 10.4. The van der Waals surface area contributed by atoms with E-state index in [1.54, 1.807) is 32.2 Å². The van der Waals surface area contributed by atoms with Crippen molar-refractivity contribution in [2.45, 2.75) is 19.5 Å². The minimum Gasteiger partial charge on any atom is -0.356 e. The van der Waals surface area contributed by atoms with Gasteiger partial charge in [-0.3, -0.25) is 14.5 Å². The smallest absolute Gasteiger partial charge is 0.253 e. The fourth-order valence-electron chi connectivity index (χ4n) is 3.30. The summed E-state index contributed by atoms with van der Waals surface area (Å²) in [5.74, 6) is 0.760. The molecule has 1 heterocycles. The Morgan fingerprint density at radius 2 is 1.87 bits per heavy atom. The largest absolute Gasteiger partial charge is 0.356 e. The standard InChI is InChI=1S/C24H30N6O/c1-25-24(26-14-12-19-8-6-11-20(16-19)23(31)29(2)3)27-17-21-9-4-5-10-22(21)18-30-15-7-13-28-30/h4-11,13,15-16H,12,14,17-18H2,1-3H3,(H2,25,26,27). The van der Waals surface area contributed by atoms with Gasteiger partial charge in [0.25, 0.3) is 5.91 Å². The van der Waals surface area contributed by atoms with Gasteiger partial charge in [-0.15, -0.1) is 0 Å². The highest BCUT2D eigenvalue weighted by Crippen LogP contribution is 2.10. The molecule has 7 nitrogen and oxygen atoms in total. The second-order valence-electron chi connectivity index (χ2n) is 7.47. The Morgan fingerprint density at radius 1 is 1.06 bits per heavy atom. The first-order valence-corrected chi connectivity index (χ1v) is 10.4. The number of nitrogens with zero attached hydrogens (tertiary/aromatic N) is 4. The molecule has 1 amide bonds. The molecule has 1 aromatic heterocycles. The lowest BCUT2D eigenvalue weighted by atomic mass is 10.1. The van der Waals surface area contributed by atoms with Gasteiger partial charge in [0, 0.05) is 52.2 Å². The summed E-state index contributed by atoms with van der Waals surface area (Å²) >= 11 is 0. The van der Waals surface area contributed by atoms with Crippen molar-refractivity contribution in [2.75, 3.05) is 27.7 Å². The highest BCUT2D eigenvalue weighted by Gasteiger charge is 2.08. The maximum absolute atomic E-state index is 12.1. The van der Waals surface area contributed by atoms with Crippen LogP contribution in [-0.4, -0.2) is 54.2 Å². The first kappa shape index (κ1) is 22.1. The number of benzene rings is 2. The topological polar surface area (TPSA) is 74.6 Å². The lowest BCUT2D eigenvalue weighted by Gasteiger charge is -2.15. The van der Waals surface area contributed by atoms with Gasteiger partial charge in [-0.25, -0.2) is 0 Å². The van der Waals surface area contributed by atoms with Crippen LogP contribution in [0.4, 0.5) is 0 Å². The molecule has 2 aromatic carbocycles. The molecule has 162 valence electrons. The van der Waals surface area contributed by atoms with Crippen molar-refractivity contribution in [3.8, 4) is 0 Å². The van der Waals surface area contributed by atoms with E-state index in [1.165, 1.54) is 11.1 Å². The Balaban J connectivity index is 1.52. The van der Waals surface area contributed by atoms with Gasteiger partial charge in [-0.2, -0.15) is 5.10 Å². The molecule has 2 N–H and O–H groups in total. The van der Waals surface area contributed by atoms with E-state index in [1.807, 2.05) is 53.3 Å². The van der Waals surface area contributed by atoms with E-state index in [-0.39, 0.29) is 5.91 Å². The molecule has 0 aliphatic heterocycles. The predicted octanol–water partition coefficient (Wildman–Crippen LogP) is 2.54. The van der Waals surface area contributed by atoms with Gasteiger partial charge in [0.05, 0.1) is 6.54 Å². The van der Waals surface area contributed by atoms with Crippen LogP contribution in [0.5, 0.6) is 0 Å². The Bertz CT molecular complexity index is 1010. The van der Waals surface area contributed by atoms with Crippen LogP contribution < -0.4 is 10.6 Å². The van der Waals surface area contributed by atoms with Gasteiger partial charge in [0.2, 0.25) is 0 Å². The Hall–Kier alpha value is -3.61. The van der Waals surface area contributed by atoms with Crippen molar-refractivity contribution in [3.05, 3.63) is 89.2 Å². The summed E-state index contributed by atoms with van der Waals surface area (Å²) < 4.78 is 1.92. The van der Waals surface area contributed by atoms with Crippen LogP contribution in [0, 0.1) is 0 Å². The number of rotatable bonds is 8. The molecule has 0 unspecified atom stereocenters. The minimum atomic E-state index is 0.0149. The third-order valence-corrected chi connectivity index (χ3v) is 4.97. The quantitative estimate of drug-likeness (QED) is 0.436. The zero-order valence-corrected chi connectivity index (χ0v) is 18.4. The van der Waals surface area contributed by atoms with Crippen LogP contribution in [0.15, 0.2) is 72.0 Å². The average molecular weight is 419 g/mol. The number of aliphatic imine (C=N–C) groups is 1. The van der Waals surface area contributed by atoms with E-state index >= 15 is 0 Å². The van der Waals surface area contributed by atoms with Gasteiger partial charge in [0.1, 0.15) is 0 Å². The lowest BCUT2D eigenvalue weighted by Crippen LogP contribution is -2.38. The van der Waals surface area contributed by atoms with Gasteiger partial charge < -0.3 is 15.5 Å². The Kier molecular flexibility index (Phi) is 7.81. The first-order chi connectivity index (χ1) is 15.1. The number of nitrogens with one attached hydrogen (secondary N) is 2. The van der Waals surface area contributed by atoms with Crippen LogP contribution in [0.1, 0.15) is 27.0 Å². The zero-order valence-electron chi connectivity index (χ0n) is 18.4. The van der Waals surface area contributed by atoms with Crippen LogP contribution in [0.3, 0.4) is 0 Å². The van der Waals surface area contributed by atoms with Crippen molar-refractivity contribution < 1.29 is 4.79 Å². The minimum absolute atomic E-state index is 0.0149. The fraction of sp³-hybridized carbons (Fsp3) is 0.292. The molecule has 0 aliphatic carbocycles. The van der Waals surface area contributed by atoms with E-state index in [0.717, 1.165) is 24.5 Å². The summed E-state index contributed by atoms with van der Waals surface area (Å²) in [6.07, 6.45) is 4.55. The van der Waals surface area contributed by atoms with Gasteiger partial charge in [-0.1, -0.05) is 36.4 Å². The van der Waals surface area contributed by atoms with Gasteiger partial charge in [-0.05, 0) is 41.3 Å². The zero-order chi connectivity index (χ0) is 22.1. The summed E-state index contributed by atoms with van der Waals surface area (Å²) in [4.78, 5) is 18.1. The molecule has 0 spiro atoms. The Morgan fingerprint density at radius 3 is 2.58 bits per heavy atom. The molecule has 0 bridgehead atoms. The van der Waals surface area contributed by atoms with Crippen LogP contribution in [0.2, 0.25) is 0 Å². The van der Waals surface area contributed by atoms with Crippen molar-refractivity contribution in [1.82, 2.24) is 25.3 Å². The molecule has 0 aliphatic rings. The molecular formula is C24H30N6O. The SMILES string of the molecule is CN=C(NCCc1cccc(C(=O)N(C)C)c1)NCc1ccccc1Cn1cccn1. The number of hydrogen-bond acceptors (Lipinski definition) is 3. The summed E-state index contributed by atoms with van der Waals surface area (Å²) in [6, 6.07) is 18.0. The molecule has 7 heteroatoms. The monoisotopic (exact) mass is 418 g/mol. The number of hydrogen-bond donors (Lipinski definition) is 2. The highest BCUT2D eigenvalue weighted by atomic mass is 16.2. The number of guanidine groups is 1. The van der Waals surface area contributed by atoms with E-state index < -0.39 is 0 Å². The fourth-order valence-corrected chi connectivity index (χ4v) is 3.30. The molecule has 0 radical (unpaired) electrons. The molecule has 0 atom stereocenters. The lowest BCUT2D eigenvalue weighted by molar-refractivity contribution is 0.0827. The van der Waals surface area contributed by atoms with E-state index in [4.69, 9.17) is 0 Å². The molecule has 3 rings (SSSR count). The normalized spacial score (nSPS) is 11.3. The maximum atomic E-state index is 12.1. The van der Waals surface area contributed by atoms with Gasteiger partial charge >= 0.3 is 0 Å². The van der Waals surface area contributed by atoms with E-state index in [2.05, 4.69) is 32.9 Å². The van der Waals surface area contributed by atoms with E-state index in [0.29, 0.717) is 18.7 Å². The Labute approximate surface area is 183 Å². The molecule has 0 saturated carbocycles. The number of aromatic nitrogens is 2. The van der Waals surface area contributed by atoms with E-state index in [9.17, 15) is 4.79 Å². The van der Waals surface area contributed by atoms with Crippen molar-refractivity contribution in [1.29, 1.82) is 0 Å². The van der Waals surface area contributed by atoms with Crippen molar-refractivity contribution in [2.24, 2.45) is 4.99 Å². The third kappa shape index (κ3) is 6.44. The third-order valence-electron chi connectivity index (χ3n) is 4.97. The second kappa shape index (κ2) is 11.0. The number of carbonyl (C=O) groups is 1. The molecule has 31 heavy (non-hydrogen) atoms. The van der Waals surface area contributed by atoms with Gasteiger partial charge in [0.15, 0.2) is 5.96 Å². The number of carbonyl (C=O) groups excluding carboxylic acids is 1. The average Bonchev–Trinajstić information content (AvgIpc) is 3.29. The van der Waals surface area contributed by atoms with Crippen LogP contribution in [0.25, 0.3) is 0 Å². The molecule has 3 aromatic rings. The molecule has 0 saturated heterocycles. The van der Waals surface area contributed by atoms with Crippen molar-refractivity contribution >= 4 is 11.9 Å². The summed E-state index contributed by atoms with van der Waals surface area (Å²) in [7, 11) is 5.29. The number of amides is 1. The van der Waals surface area contributed by atoms with Crippen molar-refractivity contribution in [3.63, 3.8) is 0 Å². The summed E-state index contributed by atoms with van der Waals surface area (Å²) in [5.41, 5.74) is 4.24. The predicted molar refractivity (Wildman–Crippen MR) is 124 cm³/mol. The summed E-state index contributed by atoms with van der Waals surface area (Å²) in [5, 5.41) is 11.0. The molecular weight excluding hydrogens is 388 g/mol. The second-order valence-corrected chi connectivity index (χ2v) is 7.47.